The summed E-state index contributed by atoms with van der Waals surface area (Å²) < 4.78 is 11.4. The van der Waals surface area contributed by atoms with Gasteiger partial charge in [0.1, 0.15) is 6.61 Å². The Morgan fingerprint density at radius 1 is 1.16 bits per heavy atom. The molecule has 1 aromatic carbocycles. The second-order valence-electron chi connectivity index (χ2n) is 4.68. The topological polar surface area (TPSA) is 21.7 Å². The molecule has 0 N–H and O–H groups in total. The van der Waals surface area contributed by atoms with Crippen LogP contribution in [-0.2, 0) is 0 Å². The Kier molecular flexibility index (Phi) is 5.80. The second-order valence-corrected chi connectivity index (χ2v) is 5.06. The van der Waals surface area contributed by atoms with Gasteiger partial charge in [0.2, 0.25) is 0 Å². The molecule has 0 radical (unpaired) electrons. The van der Waals surface area contributed by atoms with E-state index in [1.165, 1.54) is 12.8 Å². The van der Waals surface area contributed by atoms with Crippen LogP contribution in [0.25, 0.3) is 0 Å². The summed E-state index contributed by atoms with van der Waals surface area (Å²) in [6, 6.07) is 8.55. The number of ether oxygens (including phenoxy) is 2. The first kappa shape index (κ1) is 14.5. The van der Waals surface area contributed by atoms with Gasteiger partial charge < -0.3 is 9.47 Å². The fourth-order valence-electron chi connectivity index (χ4n) is 2.14. The summed E-state index contributed by atoms with van der Waals surface area (Å²) in [7, 11) is 0. The van der Waals surface area contributed by atoms with Gasteiger partial charge >= 0.3 is 0 Å². The minimum absolute atomic E-state index is 0.654. The van der Waals surface area contributed by atoms with E-state index in [2.05, 4.69) is 4.90 Å². The van der Waals surface area contributed by atoms with Crippen LogP contribution < -0.4 is 9.47 Å². The predicted molar refractivity (Wildman–Crippen MR) is 78.4 cm³/mol. The number of hydrogen-bond donors (Lipinski definition) is 0. The van der Waals surface area contributed by atoms with Gasteiger partial charge in [0, 0.05) is 25.0 Å². The fourth-order valence-corrected chi connectivity index (χ4v) is 2.36. The molecule has 1 aliphatic carbocycles. The number of alkyl halides is 1. The Morgan fingerprint density at radius 3 is 2.42 bits per heavy atom. The van der Waals surface area contributed by atoms with Crippen LogP contribution >= 0.6 is 11.6 Å². The molecule has 1 fully saturated rings. The molecular formula is C15H22ClNO2. The Hall–Kier alpha value is -0.930. The maximum Gasteiger partial charge on any atom is 0.161 e. The zero-order valence-corrected chi connectivity index (χ0v) is 12.2. The summed E-state index contributed by atoms with van der Waals surface area (Å²) in [5, 5.41) is 0. The van der Waals surface area contributed by atoms with E-state index in [0.717, 1.165) is 30.6 Å². The molecule has 0 atom stereocenters. The first-order valence-electron chi connectivity index (χ1n) is 6.99. The Bertz CT molecular complexity index is 382. The maximum atomic E-state index is 5.83. The van der Waals surface area contributed by atoms with Crippen molar-refractivity contribution in [3.05, 3.63) is 24.3 Å². The average Bonchev–Trinajstić information content (AvgIpc) is 3.24. The van der Waals surface area contributed by atoms with Crippen molar-refractivity contribution in [2.24, 2.45) is 0 Å². The molecule has 1 aliphatic rings. The van der Waals surface area contributed by atoms with Crippen LogP contribution in [0.15, 0.2) is 24.3 Å². The van der Waals surface area contributed by atoms with Crippen molar-refractivity contribution in [3.63, 3.8) is 0 Å². The molecule has 0 saturated heterocycles. The van der Waals surface area contributed by atoms with E-state index < -0.39 is 0 Å². The summed E-state index contributed by atoms with van der Waals surface area (Å²) in [4.78, 5) is 2.41. The number of nitrogens with zero attached hydrogens (tertiary/aromatic N) is 1. The number of hydrogen-bond acceptors (Lipinski definition) is 3. The highest BCUT2D eigenvalue weighted by Crippen LogP contribution is 2.28. The molecule has 0 unspecified atom stereocenters. The molecule has 19 heavy (non-hydrogen) atoms. The normalized spacial score (nSPS) is 14.7. The van der Waals surface area contributed by atoms with E-state index >= 15 is 0 Å². The van der Waals surface area contributed by atoms with Crippen LogP contribution in [0.4, 0.5) is 0 Å². The molecule has 0 amide bonds. The van der Waals surface area contributed by atoms with E-state index in [1.54, 1.807) is 0 Å². The standard InChI is InChI=1S/C15H22ClNO2/c1-2-18-14-5-3-4-6-15(14)19-12-11-17(10-9-16)13-7-8-13/h3-6,13H,2,7-12H2,1H3. The van der Waals surface area contributed by atoms with Crippen molar-refractivity contribution in [2.75, 3.05) is 32.2 Å². The highest BCUT2D eigenvalue weighted by atomic mass is 35.5. The number of benzene rings is 1. The second kappa shape index (κ2) is 7.61. The molecule has 0 spiro atoms. The highest BCUT2D eigenvalue weighted by Gasteiger charge is 2.28. The van der Waals surface area contributed by atoms with Crippen LogP contribution in [-0.4, -0.2) is 43.1 Å². The van der Waals surface area contributed by atoms with Gasteiger partial charge in [-0.05, 0) is 31.9 Å². The van der Waals surface area contributed by atoms with Gasteiger partial charge in [-0.2, -0.15) is 0 Å². The number of halogens is 1. The number of rotatable bonds is 9. The summed E-state index contributed by atoms with van der Waals surface area (Å²) in [6.07, 6.45) is 2.60. The van der Waals surface area contributed by atoms with E-state index in [1.807, 2.05) is 31.2 Å². The molecule has 0 heterocycles. The van der Waals surface area contributed by atoms with Gasteiger partial charge in [0.05, 0.1) is 6.61 Å². The van der Waals surface area contributed by atoms with E-state index in [9.17, 15) is 0 Å². The zero-order chi connectivity index (χ0) is 13.5. The van der Waals surface area contributed by atoms with Crippen LogP contribution in [0.2, 0.25) is 0 Å². The van der Waals surface area contributed by atoms with Crippen LogP contribution in [0.1, 0.15) is 19.8 Å². The summed E-state index contributed by atoms with van der Waals surface area (Å²) >= 11 is 5.83. The third-order valence-corrected chi connectivity index (χ3v) is 3.39. The molecule has 2 rings (SSSR count). The third-order valence-electron chi connectivity index (χ3n) is 3.22. The molecule has 106 valence electrons. The minimum Gasteiger partial charge on any atom is -0.490 e. The van der Waals surface area contributed by atoms with Crippen molar-refractivity contribution in [3.8, 4) is 11.5 Å². The van der Waals surface area contributed by atoms with Crippen molar-refractivity contribution in [1.29, 1.82) is 0 Å². The average molecular weight is 284 g/mol. The lowest BCUT2D eigenvalue weighted by molar-refractivity contribution is 0.203. The SMILES string of the molecule is CCOc1ccccc1OCCN(CCCl)C1CC1. The van der Waals surface area contributed by atoms with Crippen molar-refractivity contribution >= 4 is 11.6 Å². The molecule has 0 aromatic heterocycles. The van der Waals surface area contributed by atoms with E-state index in [0.29, 0.717) is 19.1 Å². The first-order chi connectivity index (χ1) is 9.35. The maximum absolute atomic E-state index is 5.83. The van der Waals surface area contributed by atoms with Crippen molar-refractivity contribution < 1.29 is 9.47 Å². The monoisotopic (exact) mass is 283 g/mol. The first-order valence-corrected chi connectivity index (χ1v) is 7.53. The molecule has 1 saturated carbocycles. The van der Waals surface area contributed by atoms with Crippen LogP contribution in [0.5, 0.6) is 11.5 Å². The van der Waals surface area contributed by atoms with Gasteiger partial charge in [0.25, 0.3) is 0 Å². The Morgan fingerprint density at radius 2 is 1.84 bits per heavy atom. The fraction of sp³-hybridized carbons (Fsp3) is 0.600. The largest absolute Gasteiger partial charge is 0.490 e. The van der Waals surface area contributed by atoms with Crippen molar-refractivity contribution in [2.45, 2.75) is 25.8 Å². The molecule has 0 aliphatic heterocycles. The molecule has 4 heteroatoms. The third kappa shape index (κ3) is 4.59. The highest BCUT2D eigenvalue weighted by molar-refractivity contribution is 6.18. The Balaban J connectivity index is 1.81. The van der Waals surface area contributed by atoms with Gasteiger partial charge in [-0.1, -0.05) is 12.1 Å². The summed E-state index contributed by atoms with van der Waals surface area (Å²) in [5.74, 6) is 2.33. The number of para-hydroxylation sites is 2. The van der Waals surface area contributed by atoms with E-state index in [-0.39, 0.29) is 0 Å². The summed E-state index contributed by atoms with van der Waals surface area (Å²) in [5.41, 5.74) is 0. The minimum atomic E-state index is 0.654. The van der Waals surface area contributed by atoms with Gasteiger partial charge in [-0.25, -0.2) is 0 Å². The Labute approximate surface area is 120 Å². The lowest BCUT2D eigenvalue weighted by Gasteiger charge is -2.21. The van der Waals surface area contributed by atoms with E-state index in [4.69, 9.17) is 21.1 Å². The lowest BCUT2D eigenvalue weighted by atomic mass is 10.3. The molecule has 0 bridgehead atoms. The van der Waals surface area contributed by atoms with Gasteiger partial charge in [-0.3, -0.25) is 4.90 Å². The lowest BCUT2D eigenvalue weighted by Crippen LogP contribution is -2.32. The quantitative estimate of drug-likeness (QED) is 0.650. The smallest absolute Gasteiger partial charge is 0.161 e. The molecule has 3 nitrogen and oxygen atoms in total. The van der Waals surface area contributed by atoms with Crippen LogP contribution in [0.3, 0.4) is 0 Å². The molecule has 1 aromatic rings. The summed E-state index contributed by atoms with van der Waals surface area (Å²) in [6.45, 7) is 5.19. The molecular weight excluding hydrogens is 262 g/mol. The van der Waals surface area contributed by atoms with Gasteiger partial charge in [0.15, 0.2) is 11.5 Å². The van der Waals surface area contributed by atoms with Crippen molar-refractivity contribution in [1.82, 2.24) is 4.90 Å². The van der Waals surface area contributed by atoms with Gasteiger partial charge in [-0.15, -0.1) is 11.6 Å². The zero-order valence-electron chi connectivity index (χ0n) is 11.5. The van der Waals surface area contributed by atoms with Crippen LogP contribution in [0, 0.1) is 0 Å². The predicted octanol–water partition coefficient (Wildman–Crippen LogP) is 3.17.